The largest absolute Gasteiger partial charge is 0.368 e. The Kier molecular flexibility index (Phi) is 8.43. The molecule has 0 saturated heterocycles. The molecule has 0 saturated carbocycles. The standard InChI is InChI=1S/C23H42ClN2/c1-20(2,3)25(21(4,5)6)17-13-15-19(24)16-14-18-26(22(7,8)9)23(10,11)12/h13-18H,1-12H3/q+1. The van der Waals surface area contributed by atoms with Crippen molar-refractivity contribution < 1.29 is 4.58 Å². The van der Waals surface area contributed by atoms with E-state index in [2.05, 4.69) is 105 Å². The van der Waals surface area contributed by atoms with Crippen molar-refractivity contribution in [1.82, 2.24) is 4.90 Å². The van der Waals surface area contributed by atoms with Crippen molar-refractivity contribution in [2.24, 2.45) is 0 Å². The first-order valence-corrected chi connectivity index (χ1v) is 9.89. The smallest absolute Gasteiger partial charge is 0.164 e. The Morgan fingerprint density at radius 1 is 0.731 bits per heavy atom. The lowest BCUT2D eigenvalue weighted by Crippen LogP contribution is -2.48. The van der Waals surface area contributed by atoms with E-state index in [1.54, 1.807) is 0 Å². The first-order valence-electron chi connectivity index (χ1n) is 9.51. The van der Waals surface area contributed by atoms with Gasteiger partial charge in [0, 0.05) is 28.4 Å². The molecule has 0 spiro atoms. The highest BCUT2D eigenvalue weighted by Crippen LogP contribution is 2.25. The van der Waals surface area contributed by atoms with Crippen LogP contribution in [-0.2, 0) is 0 Å². The Morgan fingerprint density at radius 2 is 1.15 bits per heavy atom. The lowest BCUT2D eigenvalue weighted by molar-refractivity contribution is -0.652. The number of allylic oxidation sites excluding steroid dienone is 5. The summed E-state index contributed by atoms with van der Waals surface area (Å²) in [5, 5.41) is 0.711. The van der Waals surface area contributed by atoms with E-state index in [0.717, 1.165) is 0 Å². The highest BCUT2D eigenvalue weighted by Gasteiger charge is 2.34. The molecule has 0 bridgehead atoms. The van der Waals surface area contributed by atoms with Crippen molar-refractivity contribution >= 4 is 17.8 Å². The number of nitrogens with zero attached hydrogens (tertiary/aromatic N) is 2. The molecule has 0 aromatic carbocycles. The Morgan fingerprint density at radius 3 is 1.50 bits per heavy atom. The molecule has 0 aliphatic carbocycles. The SMILES string of the molecule is CC(C)(C)N(/C=C/C=C(Cl)/C=C/C=[N+](C(C)(C)C)C(C)(C)C)C(C)(C)C. The molecule has 0 aromatic rings. The van der Waals surface area contributed by atoms with Gasteiger partial charge in [0.05, 0.1) is 0 Å². The zero-order chi connectivity index (χ0) is 21.0. The summed E-state index contributed by atoms with van der Waals surface area (Å²) in [7, 11) is 0. The van der Waals surface area contributed by atoms with Crippen LogP contribution in [0.4, 0.5) is 0 Å². The van der Waals surface area contributed by atoms with E-state index < -0.39 is 0 Å². The van der Waals surface area contributed by atoms with Crippen LogP contribution in [-0.4, -0.2) is 37.8 Å². The van der Waals surface area contributed by atoms with Crippen LogP contribution >= 0.6 is 11.6 Å². The van der Waals surface area contributed by atoms with Gasteiger partial charge in [-0.25, -0.2) is 4.58 Å². The fraction of sp³-hybridized carbons (Fsp3) is 0.696. The molecule has 0 unspecified atom stereocenters. The van der Waals surface area contributed by atoms with Crippen molar-refractivity contribution in [2.45, 2.75) is 105 Å². The third-order valence-corrected chi connectivity index (χ3v) is 4.12. The molecule has 0 aliphatic rings. The average Bonchev–Trinajstić information content (AvgIpc) is 2.33. The van der Waals surface area contributed by atoms with Crippen molar-refractivity contribution in [2.75, 3.05) is 0 Å². The highest BCUT2D eigenvalue weighted by atomic mass is 35.5. The molecule has 2 nitrogen and oxygen atoms in total. The zero-order valence-electron chi connectivity index (χ0n) is 19.2. The zero-order valence-corrected chi connectivity index (χ0v) is 20.0. The van der Waals surface area contributed by atoms with Crippen LogP contribution in [0.25, 0.3) is 0 Å². The summed E-state index contributed by atoms with van der Waals surface area (Å²) in [6.07, 6.45) is 12.2. The maximum absolute atomic E-state index is 6.37. The maximum atomic E-state index is 6.37. The third-order valence-electron chi connectivity index (χ3n) is 3.87. The van der Waals surface area contributed by atoms with Gasteiger partial charge < -0.3 is 4.90 Å². The van der Waals surface area contributed by atoms with E-state index in [-0.39, 0.29) is 22.2 Å². The van der Waals surface area contributed by atoms with Crippen LogP contribution in [0.3, 0.4) is 0 Å². The minimum absolute atomic E-state index is 0.0542. The van der Waals surface area contributed by atoms with Gasteiger partial charge in [0.1, 0.15) is 0 Å². The van der Waals surface area contributed by atoms with E-state index >= 15 is 0 Å². The quantitative estimate of drug-likeness (QED) is 0.296. The molecule has 3 heteroatoms. The Balaban J connectivity index is 5.36. The van der Waals surface area contributed by atoms with Gasteiger partial charge in [0.2, 0.25) is 0 Å². The Bertz CT molecular complexity index is 535. The van der Waals surface area contributed by atoms with E-state index in [9.17, 15) is 0 Å². The minimum Gasteiger partial charge on any atom is -0.368 e. The van der Waals surface area contributed by atoms with Gasteiger partial charge in [-0.1, -0.05) is 11.6 Å². The van der Waals surface area contributed by atoms with Crippen molar-refractivity contribution in [3.05, 3.63) is 35.5 Å². The Hall–Kier alpha value is -1.02. The van der Waals surface area contributed by atoms with Gasteiger partial charge in [-0.2, -0.15) is 0 Å². The van der Waals surface area contributed by atoms with Gasteiger partial charge in [-0.3, -0.25) is 0 Å². The number of halogens is 1. The van der Waals surface area contributed by atoms with Gasteiger partial charge in [-0.15, -0.1) is 0 Å². The molecular weight excluding hydrogens is 340 g/mol. The lowest BCUT2D eigenvalue weighted by atomic mass is 9.97. The van der Waals surface area contributed by atoms with Gasteiger partial charge in [-0.05, 0) is 101 Å². The molecule has 0 aliphatic heterocycles. The van der Waals surface area contributed by atoms with Crippen LogP contribution in [0.1, 0.15) is 83.1 Å². The second kappa shape index (κ2) is 8.78. The number of hydrogen-bond donors (Lipinski definition) is 0. The predicted octanol–water partition coefficient (Wildman–Crippen LogP) is 6.76. The van der Waals surface area contributed by atoms with E-state index in [1.165, 1.54) is 0 Å². The molecule has 0 amide bonds. The summed E-state index contributed by atoms with van der Waals surface area (Å²) in [6, 6.07) is 0. The molecule has 150 valence electrons. The van der Waals surface area contributed by atoms with Gasteiger partial charge in [0.25, 0.3) is 0 Å². The summed E-state index contributed by atoms with van der Waals surface area (Å²) in [5.41, 5.74) is 0.217. The third kappa shape index (κ3) is 9.07. The average molecular weight is 382 g/mol. The Labute approximate surface area is 168 Å². The van der Waals surface area contributed by atoms with Crippen LogP contribution < -0.4 is 0 Å². The molecule has 0 fully saturated rings. The topological polar surface area (TPSA) is 6.25 Å². The lowest BCUT2D eigenvalue weighted by Gasteiger charge is -2.45. The van der Waals surface area contributed by atoms with Crippen LogP contribution in [0, 0.1) is 0 Å². The van der Waals surface area contributed by atoms with Gasteiger partial charge >= 0.3 is 0 Å². The van der Waals surface area contributed by atoms with E-state index in [4.69, 9.17) is 11.6 Å². The molecule has 26 heavy (non-hydrogen) atoms. The first-order chi connectivity index (χ1) is 11.4. The summed E-state index contributed by atoms with van der Waals surface area (Å²) in [6.45, 7) is 26.6. The fourth-order valence-electron chi connectivity index (χ4n) is 3.40. The molecule has 0 N–H and O–H groups in total. The highest BCUT2D eigenvalue weighted by molar-refractivity contribution is 6.31. The van der Waals surface area contributed by atoms with Crippen LogP contribution in [0.2, 0.25) is 0 Å². The number of rotatable bonds is 4. The molecule has 0 rings (SSSR count). The minimum atomic E-state index is 0.0542. The second-order valence-corrected chi connectivity index (χ2v) is 11.3. The van der Waals surface area contributed by atoms with Crippen LogP contribution in [0.15, 0.2) is 35.5 Å². The van der Waals surface area contributed by atoms with Crippen molar-refractivity contribution in [1.29, 1.82) is 0 Å². The van der Waals surface area contributed by atoms with Gasteiger partial charge in [0.15, 0.2) is 17.3 Å². The number of hydrogen-bond acceptors (Lipinski definition) is 1. The van der Waals surface area contributed by atoms with Crippen LogP contribution in [0.5, 0.6) is 0 Å². The summed E-state index contributed by atoms with van der Waals surface area (Å²) in [5.74, 6) is 0. The van der Waals surface area contributed by atoms with Crippen molar-refractivity contribution in [3.63, 3.8) is 0 Å². The summed E-state index contributed by atoms with van der Waals surface area (Å²) in [4.78, 5) is 2.34. The first kappa shape index (κ1) is 25.0. The molecule has 0 heterocycles. The molecule has 0 aromatic heterocycles. The summed E-state index contributed by atoms with van der Waals surface area (Å²) < 4.78 is 2.34. The molecule has 0 atom stereocenters. The molecular formula is C23H42ClN2+. The van der Waals surface area contributed by atoms with Crippen molar-refractivity contribution in [3.8, 4) is 0 Å². The van der Waals surface area contributed by atoms with E-state index in [0.29, 0.717) is 5.03 Å². The summed E-state index contributed by atoms with van der Waals surface area (Å²) >= 11 is 6.37. The predicted molar refractivity (Wildman–Crippen MR) is 119 cm³/mol. The maximum Gasteiger partial charge on any atom is 0.164 e. The monoisotopic (exact) mass is 381 g/mol. The second-order valence-electron chi connectivity index (χ2n) is 10.8. The van der Waals surface area contributed by atoms with E-state index in [1.807, 2.05) is 24.3 Å². The fourth-order valence-corrected chi connectivity index (χ4v) is 3.55. The molecule has 0 radical (unpaired) electrons. The normalized spacial score (nSPS) is 15.0.